The Morgan fingerprint density at radius 2 is 1.59 bits per heavy atom. The van der Waals surface area contributed by atoms with Crippen LogP contribution >= 0.6 is 0 Å². The molecule has 0 aromatic carbocycles. The van der Waals surface area contributed by atoms with Gasteiger partial charge in [0.05, 0.1) is 5.92 Å². The standard InChI is InChI=1S/C19H31F3/c1-14-5-3-7-16(8-4-6-14)10-12-17-11-9-15(2)13-18(17)19(20,21)22/h10,14-15,17-18H,3-9,11-13H2,1-2H3. The van der Waals surface area contributed by atoms with Crippen LogP contribution in [-0.4, -0.2) is 6.18 Å². The molecular formula is C19H31F3. The summed E-state index contributed by atoms with van der Waals surface area (Å²) >= 11 is 0. The van der Waals surface area contributed by atoms with E-state index in [1.165, 1.54) is 31.3 Å². The molecule has 0 spiro atoms. The van der Waals surface area contributed by atoms with E-state index in [9.17, 15) is 13.2 Å². The molecule has 0 heterocycles. The van der Waals surface area contributed by atoms with Crippen molar-refractivity contribution in [2.75, 3.05) is 0 Å². The van der Waals surface area contributed by atoms with Gasteiger partial charge in [-0.25, -0.2) is 0 Å². The second kappa shape index (κ2) is 7.88. The van der Waals surface area contributed by atoms with E-state index in [1.807, 2.05) is 6.92 Å². The molecule has 128 valence electrons. The van der Waals surface area contributed by atoms with Gasteiger partial charge in [-0.1, -0.05) is 44.8 Å². The van der Waals surface area contributed by atoms with Gasteiger partial charge in [-0.05, 0) is 62.7 Å². The second-order valence-electron chi connectivity index (χ2n) is 7.81. The molecule has 0 amide bonds. The molecule has 0 nitrogen and oxygen atoms in total. The molecule has 2 saturated carbocycles. The van der Waals surface area contributed by atoms with E-state index in [0.29, 0.717) is 12.8 Å². The van der Waals surface area contributed by atoms with Crippen LogP contribution in [0.3, 0.4) is 0 Å². The van der Waals surface area contributed by atoms with Gasteiger partial charge >= 0.3 is 6.18 Å². The van der Waals surface area contributed by atoms with Crippen molar-refractivity contribution in [2.24, 2.45) is 23.7 Å². The number of hydrogen-bond donors (Lipinski definition) is 0. The Labute approximate surface area is 133 Å². The number of allylic oxidation sites excluding steroid dienone is 2. The van der Waals surface area contributed by atoms with Crippen molar-refractivity contribution >= 4 is 0 Å². The molecule has 0 saturated heterocycles. The summed E-state index contributed by atoms with van der Waals surface area (Å²) in [6.45, 7) is 4.27. The smallest absolute Gasteiger partial charge is 0.171 e. The van der Waals surface area contributed by atoms with E-state index in [4.69, 9.17) is 0 Å². The zero-order valence-corrected chi connectivity index (χ0v) is 14.1. The molecule has 3 atom stereocenters. The number of halogens is 3. The minimum atomic E-state index is -4.02. The highest BCUT2D eigenvalue weighted by Gasteiger charge is 2.46. The van der Waals surface area contributed by atoms with E-state index in [1.54, 1.807) is 0 Å². The van der Waals surface area contributed by atoms with Gasteiger partial charge in [-0.15, -0.1) is 0 Å². The molecule has 2 aliphatic carbocycles. The van der Waals surface area contributed by atoms with Crippen LogP contribution in [0.15, 0.2) is 11.6 Å². The van der Waals surface area contributed by atoms with Gasteiger partial charge in [0.15, 0.2) is 0 Å². The van der Waals surface area contributed by atoms with Crippen LogP contribution in [0.5, 0.6) is 0 Å². The molecule has 0 aromatic heterocycles. The highest BCUT2D eigenvalue weighted by Crippen LogP contribution is 2.45. The third-order valence-electron chi connectivity index (χ3n) is 5.77. The van der Waals surface area contributed by atoms with Crippen LogP contribution in [0.4, 0.5) is 13.2 Å². The van der Waals surface area contributed by atoms with Crippen molar-refractivity contribution in [3.8, 4) is 0 Å². The topological polar surface area (TPSA) is 0 Å². The van der Waals surface area contributed by atoms with Crippen molar-refractivity contribution in [1.82, 2.24) is 0 Å². The van der Waals surface area contributed by atoms with Crippen LogP contribution < -0.4 is 0 Å². The van der Waals surface area contributed by atoms with E-state index >= 15 is 0 Å². The van der Waals surface area contributed by atoms with E-state index in [2.05, 4.69) is 13.0 Å². The lowest BCUT2D eigenvalue weighted by Crippen LogP contribution is -2.35. The first kappa shape index (κ1) is 17.9. The van der Waals surface area contributed by atoms with Crippen LogP contribution in [0, 0.1) is 23.7 Å². The highest BCUT2D eigenvalue weighted by molar-refractivity contribution is 5.04. The van der Waals surface area contributed by atoms with Crippen LogP contribution in [0.25, 0.3) is 0 Å². The Morgan fingerprint density at radius 1 is 0.955 bits per heavy atom. The summed E-state index contributed by atoms with van der Waals surface area (Å²) < 4.78 is 39.8. The van der Waals surface area contributed by atoms with Crippen molar-refractivity contribution in [2.45, 2.75) is 84.2 Å². The normalized spacial score (nSPS) is 34.9. The van der Waals surface area contributed by atoms with Crippen molar-refractivity contribution in [1.29, 1.82) is 0 Å². The highest BCUT2D eigenvalue weighted by atomic mass is 19.4. The molecule has 3 heteroatoms. The summed E-state index contributed by atoms with van der Waals surface area (Å²) in [4.78, 5) is 0. The monoisotopic (exact) mass is 316 g/mol. The van der Waals surface area contributed by atoms with Crippen molar-refractivity contribution < 1.29 is 13.2 Å². The van der Waals surface area contributed by atoms with Crippen molar-refractivity contribution in [3.05, 3.63) is 11.6 Å². The summed E-state index contributed by atoms with van der Waals surface area (Å²) in [5.41, 5.74) is 1.42. The Balaban J connectivity index is 1.94. The third kappa shape index (κ3) is 5.31. The Kier molecular flexibility index (Phi) is 6.40. The molecule has 2 rings (SSSR count). The van der Waals surface area contributed by atoms with E-state index in [0.717, 1.165) is 31.6 Å². The number of alkyl halides is 3. The Bertz CT molecular complexity index is 357. The minimum absolute atomic E-state index is 0.187. The number of rotatable bonds is 2. The molecule has 2 fully saturated rings. The summed E-state index contributed by atoms with van der Waals surface area (Å²) in [6.07, 6.45) is 7.97. The van der Waals surface area contributed by atoms with Crippen LogP contribution in [0.1, 0.15) is 78.1 Å². The SMILES string of the molecule is CC1CCCC(=CCC2CCC(C)CC2C(F)(F)F)CCC1. The quantitative estimate of drug-likeness (QED) is 0.486. The molecule has 3 unspecified atom stereocenters. The largest absolute Gasteiger partial charge is 0.392 e. The zero-order valence-electron chi connectivity index (χ0n) is 14.1. The predicted molar refractivity (Wildman–Crippen MR) is 85.6 cm³/mol. The third-order valence-corrected chi connectivity index (χ3v) is 5.77. The fourth-order valence-electron chi connectivity index (χ4n) is 4.27. The average molecular weight is 316 g/mol. The molecule has 0 bridgehead atoms. The maximum absolute atomic E-state index is 13.3. The average Bonchev–Trinajstić information content (AvgIpc) is 2.41. The summed E-state index contributed by atoms with van der Waals surface area (Å²) in [5.74, 6) is -0.232. The van der Waals surface area contributed by atoms with Gasteiger partial charge < -0.3 is 0 Å². The summed E-state index contributed by atoms with van der Waals surface area (Å²) in [7, 11) is 0. The van der Waals surface area contributed by atoms with Crippen LogP contribution in [-0.2, 0) is 0 Å². The first-order chi connectivity index (χ1) is 10.4. The van der Waals surface area contributed by atoms with Gasteiger partial charge in [0.2, 0.25) is 0 Å². The van der Waals surface area contributed by atoms with Gasteiger partial charge in [-0.2, -0.15) is 13.2 Å². The molecule has 0 radical (unpaired) electrons. The fraction of sp³-hybridized carbons (Fsp3) is 0.895. The maximum atomic E-state index is 13.3. The molecule has 22 heavy (non-hydrogen) atoms. The molecule has 0 aliphatic heterocycles. The maximum Gasteiger partial charge on any atom is 0.392 e. The van der Waals surface area contributed by atoms with E-state index in [-0.39, 0.29) is 11.8 Å². The molecule has 0 aromatic rings. The van der Waals surface area contributed by atoms with Gasteiger partial charge in [0, 0.05) is 0 Å². The Hall–Kier alpha value is -0.470. The van der Waals surface area contributed by atoms with Gasteiger partial charge in [-0.3, -0.25) is 0 Å². The Morgan fingerprint density at radius 3 is 2.18 bits per heavy atom. The summed E-state index contributed by atoms with van der Waals surface area (Å²) in [6, 6.07) is 0. The minimum Gasteiger partial charge on any atom is -0.171 e. The summed E-state index contributed by atoms with van der Waals surface area (Å²) in [5, 5.41) is 0. The molecule has 2 aliphatic rings. The predicted octanol–water partition coefficient (Wildman–Crippen LogP) is 6.91. The molecule has 0 N–H and O–H groups in total. The van der Waals surface area contributed by atoms with E-state index < -0.39 is 12.1 Å². The first-order valence-electron chi connectivity index (χ1n) is 9.11. The fourth-order valence-corrected chi connectivity index (χ4v) is 4.27. The number of hydrogen-bond acceptors (Lipinski definition) is 0. The van der Waals surface area contributed by atoms with Gasteiger partial charge in [0.25, 0.3) is 0 Å². The molecular weight excluding hydrogens is 285 g/mol. The van der Waals surface area contributed by atoms with Crippen LogP contribution in [0.2, 0.25) is 0 Å². The lowest BCUT2D eigenvalue weighted by atomic mass is 9.72. The first-order valence-corrected chi connectivity index (χ1v) is 9.11. The lowest BCUT2D eigenvalue weighted by molar-refractivity contribution is -0.199. The lowest BCUT2D eigenvalue weighted by Gasteiger charge is -2.35. The van der Waals surface area contributed by atoms with Gasteiger partial charge in [0.1, 0.15) is 0 Å². The zero-order chi connectivity index (χ0) is 16.2. The second-order valence-corrected chi connectivity index (χ2v) is 7.81. The van der Waals surface area contributed by atoms with Crippen molar-refractivity contribution in [3.63, 3.8) is 0 Å².